The lowest BCUT2D eigenvalue weighted by molar-refractivity contribution is 0.249. The van der Waals surface area contributed by atoms with Gasteiger partial charge in [0.05, 0.1) is 6.54 Å². The van der Waals surface area contributed by atoms with Gasteiger partial charge >= 0.3 is 0 Å². The van der Waals surface area contributed by atoms with Crippen LogP contribution in [0.1, 0.15) is 23.6 Å². The molecule has 0 saturated heterocycles. The van der Waals surface area contributed by atoms with Gasteiger partial charge in [0.1, 0.15) is 24.2 Å². The zero-order chi connectivity index (χ0) is 16.2. The molecule has 1 aliphatic heterocycles. The molecule has 3 rings (SSSR count). The number of nitrogens with zero attached hydrogens (tertiary/aromatic N) is 1. The highest BCUT2D eigenvalue weighted by Gasteiger charge is 2.22. The summed E-state index contributed by atoms with van der Waals surface area (Å²) in [5, 5.41) is 8.37. The first-order valence-corrected chi connectivity index (χ1v) is 7.72. The van der Waals surface area contributed by atoms with Gasteiger partial charge in [0.2, 0.25) is 5.90 Å². The number of benzene rings is 2. The van der Waals surface area contributed by atoms with E-state index in [9.17, 15) is 0 Å². The van der Waals surface area contributed by atoms with E-state index in [0.717, 1.165) is 22.4 Å². The molecule has 0 saturated carbocycles. The molecule has 0 spiro atoms. The van der Waals surface area contributed by atoms with Crippen molar-refractivity contribution in [3.05, 3.63) is 65.2 Å². The Balaban J connectivity index is 1.78. The van der Waals surface area contributed by atoms with Gasteiger partial charge in [-0.3, -0.25) is 5.41 Å². The maximum absolute atomic E-state index is 8.37. The van der Waals surface area contributed by atoms with Crippen LogP contribution in [0.25, 0.3) is 0 Å². The number of aliphatic imine (C=N–C) groups is 1. The third kappa shape index (κ3) is 3.42. The molecule has 1 aliphatic rings. The number of para-hydroxylation sites is 1. The summed E-state index contributed by atoms with van der Waals surface area (Å²) < 4.78 is 11.5. The molecule has 0 aromatic heterocycles. The number of ether oxygens (including phenoxy) is 2. The molecule has 0 radical (unpaired) electrons. The summed E-state index contributed by atoms with van der Waals surface area (Å²) in [6, 6.07) is 15.7. The van der Waals surface area contributed by atoms with Gasteiger partial charge in [0.25, 0.3) is 0 Å². The molecular formula is C19H20N2O2. The number of hydrogen-bond acceptors (Lipinski definition) is 4. The van der Waals surface area contributed by atoms with Crippen LogP contribution in [0.2, 0.25) is 0 Å². The van der Waals surface area contributed by atoms with E-state index in [0.29, 0.717) is 24.8 Å². The highest BCUT2D eigenvalue weighted by Crippen LogP contribution is 2.20. The molecule has 118 valence electrons. The molecule has 0 amide bonds. The largest absolute Gasteiger partial charge is 0.489 e. The summed E-state index contributed by atoms with van der Waals surface area (Å²) in [7, 11) is 0. The van der Waals surface area contributed by atoms with Crippen LogP contribution in [0.15, 0.2) is 53.5 Å². The average molecular weight is 308 g/mol. The van der Waals surface area contributed by atoms with Crippen molar-refractivity contribution >= 4 is 11.6 Å². The smallest absolute Gasteiger partial charge is 0.235 e. The Morgan fingerprint density at radius 2 is 1.96 bits per heavy atom. The second-order valence-corrected chi connectivity index (χ2v) is 5.66. The molecule has 2 aromatic carbocycles. The molecule has 4 nitrogen and oxygen atoms in total. The normalized spacial score (nSPS) is 16.6. The second-order valence-electron chi connectivity index (χ2n) is 5.66. The number of hydrogen-bond donors (Lipinski definition) is 1. The van der Waals surface area contributed by atoms with Gasteiger partial charge in [-0.15, -0.1) is 0 Å². The molecule has 23 heavy (non-hydrogen) atoms. The maximum Gasteiger partial charge on any atom is 0.235 e. The Kier molecular flexibility index (Phi) is 4.42. The van der Waals surface area contributed by atoms with Gasteiger partial charge in [-0.2, -0.15) is 0 Å². The SMILES string of the molecule is Cc1ccccc1OCc1ccccc1C(=N)C1=NCC(C)O1. The quantitative estimate of drug-likeness (QED) is 0.855. The first-order valence-electron chi connectivity index (χ1n) is 7.72. The monoisotopic (exact) mass is 308 g/mol. The van der Waals surface area contributed by atoms with Crippen molar-refractivity contribution in [1.29, 1.82) is 5.41 Å². The molecule has 2 aromatic rings. The molecule has 1 N–H and O–H groups in total. The van der Waals surface area contributed by atoms with Crippen molar-refractivity contribution in [1.82, 2.24) is 0 Å². The van der Waals surface area contributed by atoms with Crippen molar-refractivity contribution in [2.75, 3.05) is 6.54 Å². The summed E-state index contributed by atoms with van der Waals surface area (Å²) in [5.74, 6) is 1.28. The fraction of sp³-hybridized carbons (Fsp3) is 0.263. The summed E-state index contributed by atoms with van der Waals surface area (Å²) in [6.45, 7) is 4.99. The molecule has 0 bridgehead atoms. The van der Waals surface area contributed by atoms with Gasteiger partial charge in [-0.25, -0.2) is 4.99 Å². The predicted octanol–water partition coefficient (Wildman–Crippen LogP) is 3.76. The Labute approximate surface area is 136 Å². The lowest BCUT2D eigenvalue weighted by Gasteiger charge is -2.13. The fourth-order valence-electron chi connectivity index (χ4n) is 2.49. The van der Waals surface area contributed by atoms with Crippen molar-refractivity contribution in [2.45, 2.75) is 26.6 Å². The molecule has 1 heterocycles. The molecule has 1 unspecified atom stereocenters. The van der Waals surface area contributed by atoms with E-state index >= 15 is 0 Å². The van der Waals surface area contributed by atoms with E-state index in [1.807, 2.05) is 62.4 Å². The van der Waals surface area contributed by atoms with E-state index in [1.54, 1.807) is 0 Å². The number of rotatable bonds is 5. The first-order chi connectivity index (χ1) is 11.1. The van der Waals surface area contributed by atoms with E-state index < -0.39 is 0 Å². The van der Waals surface area contributed by atoms with Crippen molar-refractivity contribution in [3.8, 4) is 5.75 Å². The molecule has 1 atom stereocenters. The van der Waals surface area contributed by atoms with Crippen LogP contribution in [0.4, 0.5) is 0 Å². The highest BCUT2D eigenvalue weighted by molar-refractivity contribution is 6.44. The zero-order valence-electron chi connectivity index (χ0n) is 13.4. The lowest BCUT2D eigenvalue weighted by Crippen LogP contribution is -2.19. The Morgan fingerprint density at radius 1 is 1.22 bits per heavy atom. The third-order valence-electron chi connectivity index (χ3n) is 3.78. The maximum atomic E-state index is 8.37. The molecule has 0 fully saturated rings. The van der Waals surface area contributed by atoms with E-state index in [1.165, 1.54) is 0 Å². The minimum absolute atomic E-state index is 0.0423. The minimum atomic E-state index is 0.0423. The number of nitrogens with one attached hydrogen (secondary N) is 1. The van der Waals surface area contributed by atoms with E-state index in [4.69, 9.17) is 14.9 Å². The van der Waals surface area contributed by atoms with Crippen molar-refractivity contribution in [3.63, 3.8) is 0 Å². The van der Waals surface area contributed by atoms with Gasteiger partial charge < -0.3 is 9.47 Å². The highest BCUT2D eigenvalue weighted by atomic mass is 16.5. The van der Waals surface area contributed by atoms with E-state index in [-0.39, 0.29) is 6.10 Å². The molecule has 4 heteroatoms. The van der Waals surface area contributed by atoms with Crippen LogP contribution in [0, 0.1) is 12.3 Å². The Morgan fingerprint density at radius 3 is 2.70 bits per heavy atom. The van der Waals surface area contributed by atoms with Crippen LogP contribution in [-0.4, -0.2) is 24.3 Å². The van der Waals surface area contributed by atoms with Crippen molar-refractivity contribution in [2.24, 2.45) is 4.99 Å². The van der Waals surface area contributed by atoms with Gasteiger partial charge in [-0.05, 0) is 31.0 Å². The van der Waals surface area contributed by atoms with Crippen LogP contribution in [0.5, 0.6) is 5.75 Å². The lowest BCUT2D eigenvalue weighted by atomic mass is 10.0. The first kappa shape index (κ1) is 15.3. The zero-order valence-corrected chi connectivity index (χ0v) is 13.4. The second kappa shape index (κ2) is 6.65. The Bertz CT molecular complexity index is 753. The fourth-order valence-corrected chi connectivity index (χ4v) is 2.49. The van der Waals surface area contributed by atoms with E-state index in [2.05, 4.69) is 4.99 Å². The summed E-state index contributed by atoms with van der Waals surface area (Å²) in [5.41, 5.74) is 3.16. The molecule has 0 aliphatic carbocycles. The van der Waals surface area contributed by atoms with Crippen LogP contribution in [-0.2, 0) is 11.3 Å². The number of aryl methyl sites for hydroxylation is 1. The van der Waals surface area contributed by atoms with Crippen LogP contribution >= 0.6 is 0 Å². The summed E-state index contributed by atoms with van der Waals surface area (Å²) >= 11 is 0. The average Bonchev–Trinajstić information content (AvgIpc) is 3.00. The van der Waals surface area contributed by atoms with Crippen molar-refractivity contribution < 1.29 is 9.47 Å². The van der Waals surface area contributed by atoms with Crippen LogP contribution < -0.4 is 4.74 Å². The standard InChI is InChI=1S/C19H20N2O2/c1-13-7-3-6-10-17(13)22-12-15-8-4-5-9-16(15)18(20)19-21-11-14(2)23-19/h3-10,14,20H,11-12H2,1-2H3. The third-order valence-corrected chi connectivity index (χ3v) is 3.78. The predicted molar refractivity (Wildman–Crippen MR) is 91.6 cm³/mol. The topological polar surface area (TPSA) is 54.7 Å². The van der Waals surface area contributed by atoms with Crippen LogP contribution in [0.3, 0.4) is 0 Å². The Hall–Kier alpha value is -2.62. The molecular weight excluding hydrogens is 288 g/mol. The summed E-state index contributed by atoms with van der Waals surface area (Å²) in [4.78, 5) is 4.30. The summed E-state index contributed by atoms with van der Waals surface area (Å²) in [6.07, 6.45) is 0.0423. The van der Waals surface area contributed by atoms with Gasteiger partial charge in [0, 0.05) is 5.56 Å². The minimum Gasteiger partial charge on any atom is -0.489 e. The van der Waals surface area contributed by atoms with Gasteiger partial charge in [-0.1, -0.05) is 42.5 Å². The van der Waals surface area contributed by atoms with Gasteiger partial charge in [0.15, 0.2) is 0 Å².